The molecule has 0 saturated heterocycles. The highest BCUT2D eigenvalue weighted by molar-refractivity contribution is 6.36. The lowest BCUT2D eigenvalue weighted by Gasteiger charge is -2.07. The van der Waals surface area contributed by atoms with E-state index >= 15 is 0 Å². The summed E-state index contributed by atoms with van der Waals surface area (Å²) in [5, 5.41) is 7.62. The van der Waals surface area contributed by atoms with Crippen LogP contribution in [-0.4, -0.2) is 23.1 Å². The van der Waals surface area contributed by atoms with Gasteiger partial charge in [-0.05, 0) is 18.2 Å². The van der Waals surface area contributed by atoms with Crippen molar-refractivity contribution in [2.45, 2.75) is 0 Å². The zero-order valence-electron chi connectivity index (χ0n) is 9.35. The molecule has 0 aliphatic heterocycles. The number of methoxy groups -OCH3 is 1. The predicted octanol–water partition coefficient (Wildman–Crippen LogP) is 3.02. The fraction of sp³-hybridized carbons (Fsp3) is 0.0833. The largest absolute Gasteiger partial charge is 0.496 e. The minimum atomic E-state index is -0.360. The highest BCUT2D eigenvalue weighted by Crippen LogP contribution is 2.24. The molecule has 0 spiro atoms. The minimum Gasteiger partial charge on any atom is -0.496 e. The Bertz CT molecular complexity index is 602. The number of benzene rings is 1. The van der Waals surface area contributed by atoms with Crippen molar-refractivity contribution in [1.29, 1.82) is 0 Å². The first-order valence-electron chi connectivity index (χ1n) is 5.00. The van der Waals surface area contributed by atoms with Gasteiger partial charge in [0.15, 0.2) is 10.8 Å². The molecule has 1 aromatic carbocycles. The second kappa shape index (κ2) is 5.33. The molecule has 0 unspecified atom stereocenters. The molecule has 1 aromatic heterocycles. The van der Waals surface area contributed by atoms with Crippen molar-refractivity contribution in [3.63, 3.8) is 0 Å². The number of aromatic nitrogens is 2. The van der Waals surface area contributed by atoms with Crippen molar-refractivity contribution in [3.05, 3.63) is 51.8 Å². The van der Waals surface area contributed by atoms with E-state index in [2.05, 4.69) is 10.2 Å². The van der Waals surface area contributed by atoms with E-state index in [1.807, 2.05) is 0 Å². The summed E-state index contributed by atoms with van der Waals surface area (Å²) < 4.78 is 5.11. The SMILES string of the molecule is COc1ccccc1C(=O)c1nnc(Cl)cc1Cl. The van der Waals surface area contributed by atoms with Crippen LogP contribution < -0.4 is 4.74 Å². The number of hydrogen-bond acceptors (Lipinski definition) is 4. The predicted molar refractivity (Wildman–Crippen MR) is 68.5 cm³/mol. The van der Waals surface area contributed by atoms with Gasteiger partial charge in [-0.1, -0.05) is 35.3 Å². The lowest BCUT2D eigenvalue weighted by Crippen LogP contribution is -2.08. The van der Waals surface area contributed by atoms with Crippen LogP contribution in [0.1, 0.15) is 16.1 Å². The Morgan fingerprint density at radius 2 is 1.94 bits per heavy atom. The second-order valence-electron chi connectivity index (χ2n) is 3.39. The van der Waals surface area contributed by atoms with Crippen molar-refractivity contribution in [2.24, 2.45) is 0 Å². The van der Waals surface area contributed by atoms with Gasteiger partial charge < -0.3 is 4.74 Å². The number of halogens is 2. The molecule has 0 atom stereocenters. The van der Waals surface area contributed by atoms with Gasteiger partial charge in [-0.2, -0.15) is 0 Å². The van der Waals surface area contributed by atoms with Gasteiger partial charge in [0.05, 0.1) is 17.7 Å². The lowest BCUT2D eigenvalue weighted by molar-refractivity contribution is 0.103. The molecule has 0 aliphatic rings. The van der Waals surface area contributed by atoms with E-state index in [1.165, 1.54) is 13.2 Å². The molecule has 92 valence electrons. The number of nitrogens with zero attached hydrogens (tertiary/aromatic N) is 2. The lowest BCUT2D eigenvalue weighted by atomic mass is 10.1. The number of rotatable bonds is 3. The van der Waals surface area contributed by atoms with Gasteiger partial charge >= 0.3 is 0 Å². The standard InChI is InChI=1S/C12H8Cl2N2O2/c1-18-9-5-3-2-4-7(9)12(17)11-8(13)6-10(14)15-16-11/h2-6H,1H3. The number of ether oxygens (including phenoxy) is 1. The monoisotopic (exact) mass is 282 g/mol. The third-order valence-electron chi connectivity index (χ3n) is 2.28. The summed E-state index contributed by atoms with van der Waals surface area (Å²) in [6.07, 6.45) is 0. The Balaban J connectivity index is 2.48. The topological polar surface area (TPSA) is 52.1 Å². The molecule has 4 nitrogen and oxygen atoms in total. The Kier molecular flexibility index (Phi) is 3.79. The molecule has 2 rings (SSSR count). The maximum atomic E-state index is 12.2. The normalized spacial score (nSPS) is 10.2. The van der Waals surface area contributed by atoms with Crippen LogP contribution in [0.2, 0.25) is 10.2 Å². The first-order valence-corrected chi connectivity index (χ1v) is 5.75. The minimum absolute atomic E-state index is 0.0468. The zero-order valence-corrected chi connectivity index (χ0v) is 10.9. The Morgan fingerprint density at radius 3 is 2.61 bits per heavy atom. The third-order valence-corrected chi connectivity index (χ3v) is 2.76. The summed E-state index contributed by atoms with van der Waals surface area (Å²) in [6.45, 7) is 0. The first-order chi connectivity index (χ1) is 8.63. The first kappa shape index (κ1) is 12.8. The molecule has 0 saturated carbocycles. The molecule has 0 amide bonds. The van der Waals surface area contributed by atoms with E-state index in [4.69, 9.17) is 27.9 Å². The molecule has 0 aliphatic carbocycles. The van der Waals surface area contributed by atoms with Crippen molar-refractivity contribution < 1.29 is 9.53 Å². The third kappa shape index (κ3) is 2.44. The van der Waals surface area contributed by atoms with Gasteiger partial charge in [-0.3, -0.25) is 4.79 Å². The number of ketones is 1. The van der Waals surface area contributed by atoms with Crippen LogP contribution in [0.3, 0.4) is 0 Å². The summed E-state index contributed by atoms with van der Waals surface area (Å²) in [7, 11) is 1.49. The highest BCUT2D eigenvalue weighted by Gasteiger charge is 2.19. The number of carbonyl (C=O) groups excluding carboxylic acids is 1. The van der Waals surface area contributed by atoms with Crippen LogP contribution in [-0.2, 0) is 0 Å². The van der Waals surface area contributed by atoms with Gasteiger partial charge in [0.25, 0.3) is 0 Å². The van der Waals surface area contributed by atoms with E-state index in [0.29, 0.717) is 11.3 Å². The maximum Gasteiger partial charge on any atom is 0.218 e. The van der Waals surface area contributed by atoms with Crippen molar-refractivity contribution in [1.82, 2.24) is 10.2 Å². The Morgan fingerprint density at radius 1 is 1.22 bits per heavy atom. The summed E-state index contributed by atoms with van der Waals surface area (Å²) in [4.78, 5) is 12.2. The zero-order chi connectivity index (χ0) is 13.1. The quantitative estimate of drug-likeness (QED) is 0.812. The molecular formula is C12H8Cl2N2O2. The van der Waals surface area contributed by atoms with E-state index in [1.54, 1.807) is 24.3 Å². The highest BCUT2D eigenvalue weighted by atomic mass is 35.5. The fourth-order valence-electron chi connectivity index (χ4n) is 1.46. The molecule has 0 N–H and O–H groups in total. The van der Waals surface area contributed by atoms with Crippen molar-refractivity contribution >= 4 is 29.0 Å². The second-order valence-corrected chi connectivity index (χ2v) is 4.19. The number of carbonyl (C=O) groups is 1. The van der Waals surface area contributed by atoms with Gasteiger partial charge in [-0.15, -0.1) is 10.2 Å². The number of hydrogen-bond donors (Lipinski definition) is 0. The van der Waals surface area contributed by atoms with E-state index in [0.717, 1.165) is 0 Å². The van der Waals surface area contributed by atoms with Crippen LogP contribution >= 0.6 is 23.2 Å². The van der Waals surface area contributed by atoms with Gasteiger partial charge in [0.1, 0.15) is 5.75 Å². The van der Waals surface area contributed by atoms with E-state index in [-0.39, 0.29) is 21.7 Å². The van der Waals surface area contributed by atoms with Crippen LogP contribution in [0.15, 0.2) is 30.3 Å². The smallest absolute Gasteiger partial charge is 0.218 e. The van der Waals surface area contributed by atoms with Crippen LogP contribution in [0.25, 0.3) is 0 Å². The van der Waals surface area contributed by atoms with Gasteiger partial charge in [-0.25, -0.2) is 0 Å². The summed E-state index contributed by atoms with van der Waals surface area (Å²) in [5.41, 5.74) is 0.420. The van der Waals surface area contributed by atoms with Crippen LogP contribution in [0, 0.1) is 0 Å². The molecule has 18 heavy (non-hydrogen) atoms. The molecule has 0 bridgehead atoms. The van der Waals surface area contributed by atoms with Crippen molar-refractivity contribution in [3.8, 4) is 5.75 Å². The van der Waals surface area contributed by atoms with Crippen LogP contribution in [0.5, 0.6) is 5.75 Å². The maximum absolute atomic E-state index is 12.2. The van der Waals surface area contributed by atoms with Gasteiger partial charge in [0, 0.05) is 0 Å². The summed E-state index contributed by atoms with van der Waals surface area (Å²) in [5.74, 6) is 0.0944. The van der Waals surface area contributed by atoms with Crippen molar-refractivity contribution in [2.75, 3.05) is 7.11 Å². The molecule has 0 radical (unpaired) electrons. The molecule has 6 heteroatoms. The summed E-state index contributed by atoms with van der Waals surface area (Å²) in [6, 6.07) is 8.19. The number of para-hydroxylation sites is 1. The molecule has 1 heterocycles. The Labute approximate surface area is 114 Å². The molecule has 2 aromatic rings. The average Bonchev–Trinajstić information content (AvgIpc) is 2.38. The Hall–Kier alpha value is -1.65. The molecular weight excluding hydrogens is 275 g/mol. The average molecular weight is 283 g/mol. The van der Waals surface area contributed by atoms with Gasteiger partial charge in [0.2, 0.25) is 5.78 Å². The van der Waals surface area contributed by atoms with E-state index in [9.17, 15) is 4.79 Å². The van der Waals surface area contributed by atoms with Crippen LogP contribution in [0.4, 0.5) is 0 Å². The van der Waals surface area contributed by atoms with E-state index < -0.39 is 0 Å². The summed E-state index contributed by atoms with van der Waals surface area (Å²) >= 11 is 11.6. The molecule has 0 fully saturated rings. The fourth-order valence-corrected chi connectivity index (χ4v) is 1.89.